The maximum Gasteiger partial charge on any atom is 0.337 e. The van der Waals surface area contributed by atoms with Gasteiger partial charge in [-0.2, -0.15) is 0 Å². The minimum absolute atomic E-state index is 0.383. The molecule has 1 aromatic rings. The molecule has 1 atom stereocenters. The van der Waals surface area contributed by atoms with E-state index >= 15 is 0 Å². The number of methoxy groups -OCH3 is 1. The molecule has 1 rings (SSSR count). The third-order valence-corrected chi connectivity index (χ3v) is 1.90. The summed E-state index contributed by atoms with van der Waals surface area (Å²) in [6.45, 7) is -0.648. The molecule has 0 amide bonds. The predicted molar refractivity (Wildman–Crippen MR) is 50.7 cm³/mol. The Labute approximate surface area is 81.7 Å². The highest BCUT2D eigenvalue weighted by Crippen LogP contribution is 2.13. The summed E-state index contributed by atoms with van der Waals surface area (Å²) in [7, 11) is 1.30. The van der Waals surface area contributed by atoms with Crippen molar-refractivity contribution in [2.24, 2.45) is 5.73 Å². The normalized spacial score (nSPS) is 12.2. The molecule has 0 aliphatic carbocycles. The van der Waals surface area contributed by atoms with Gasteiger partial charge in [0.15, 0.2) is 0 Å². The Morgan fingerprint density at radius 3 is 2.93 bits per heavy atom. The van der Waals surface area contributed by atoms with Crippen molar-refractivity contribution in [2.45, 2.75) is 6.04 Å². The third kappa shape index (κ3) is 2.29. The number of halogens is 1. The molecule has 0 aliphatic heterocycles. The van der Waals surface area contributed by atoms with Crippen molar-refractivity contribution in [3.63, 3.8) is 0 Å². The number of rotatable bonds is 3. The first kappa shape index (κ1) is 10.7. The van der Waals surface area contributed by atoms with Gasteiger partial charge in [-0.1, -0.05) is 12.1 Å². The molecule has 14 heavy (non-hydrogen) atoms. The highest BCUT2D eigenvalue weighted by molar-refractivity contribution is 5.89. The fourth-order valence-electron chi connectivity index (χ4n) is 1.10. The van der Waals surface area contributed by atoms with E-state index in [1.807, 2.05) is 0 Å². The molecule has 4 heteroatoms. The van der Waals surface area contributed by atoms with Gasteiger partial charge >= 0.3 is 5.97 Å². The zero-order valence-electron chi connectivity index (χ0n) is 7.87. The Morgan fingerprint density at radius 1 is 1.64 bits per heavy atom. The van der Waals surface area contributed by atoms with E-state index in [4.69, 9.17) is 5.73 Å². The van der Waals surface area contributed by atoms with Crippen molar-refractivity contribution in [2.75, 3.05) is 13.8 Å². The summed E-state index contributed by atoms with van der Waals surface area (Å²) >= 11 is 0. The first-order valence-electron chi connectivity index (χ1n) is 4.19. The summed E-state index contributed by atoms with van der Waals surface area (Å²) in [5, 5.41) is 0. The average molecular weight is 197 g/mol. The number of alkyl halides is 1. The number of hydrogen-bond donors (Lipinski definition) is 1. The van der Waals surface area contributed by atoms with Crippen LogP contribution in [0.4, 0.5) is 4.39 Å². The Kier molecular flexibility index (Phi) is 3.59. The van der Waals surface area contributed by atoms with E-state index in [9.17, 15) is 9.18 Å². The molecular formula is C10H12FNO2. The van der Waals surface area contributed by atoms with Gasteiger partial charge in [0, 0.05) is 0 Å². The lowest BCUT2D eigenvalue weighted by molar-refractivity contribution is 0.0600. The van der Waals surface area contributed by atoms with E-state index < -0.39 is 18.7 Å². The number of ether oxygens (including phenoxy) is 1. The Morgan fingerprint density at radius 2 is 2.36 bits per heavy atom. The average Bonchev–Trinajstić information content (AvgIpc) is 2.27. The van der Waals surface area contributed by atoms with Crippen molar-refractivity contribution in [1.29, 1.82) is 0 Å². The number of benzene rings is 1. The molecule has 0 saturated carbocycles. The summed E-state index contributed by atoms with van der Waals surface area (Å²) in [4.78, 5) is 11.1. The lowest BCUT2D eigenvalue weighted by atomic mass is 10.1. The third-order valence-electron chi connectivity index (χ3n) is 1.90. The second-order valence-corrected chi connectivity index (χ2v) is 2.88. The Bertz CT molecular complexity index is 328. The zero-order chi connectivity index (χ0) is 10.6. The summed E-state index contributed by atoms with van der Waals surface area (Å²) in [5.74, 6) is -0.446. The molecule has 0 aliphatic rings. The van der Waals surface area contributed by atoms with Gasteiger partial charge in [-0.3, -0.25) is 0 Å². The molecule has 0 spiro atoms. The SMILES string of the molecule is COC(=O)c1cccc([C@@H](N)CF)c1. The molecule has 0 fully saturated rings. The molecule has 0 bridgehead atoms. The molecule has 0 aromatic heterocycles. The molecule has 76 valence electrons. The van der Waals surface area contributed by atoms with Crippen LogP contribution in [0.2, 0.25) is 0 Å². The summed E-state index contributed by atoms with van der Waals surface area (Å²) in [5.41, 5.74) is 6.45. The van der Waals surface area contributed by atoms with Crippen LogP contribution in [0.15, 0.2) is 24.3 Å². The van der Waals surface area contributed by atoms with Crippen molar-refractivity contribution >= 4 is 5.97 Å². The molecule has 0 radical (unpaired) electrons. The van der Waals surface area contributed by atoms with Crippen LogP contribution in [0.25, 0.3) is 0 Å². The lowest BCUT2D eigenvalue weighted by Crippen LogP contribution is -2.13. The topological polar surface area (TPSA) is 52.3 Å². The van der Waals surface area contributed by atoms with E-state index in [2.05, 4.69) is 4.74 Å². The number of esters is 1. The van der Waals surface area contributed by atoms with Gasteiger partial charge in [0.05, 0.1) is 18.7 Å². The van der Waals surface area contributed by atoms with Crippen molar-refractivity contribution < 1.29 is 13.9 Å². The fourth-order valence-corrected chi connectivity index (χ4v) is 1.10. The number of carbonyl (C=O) groups is 1. The molecule has 0 saturated heterocycles. The maximum absolute atomic E-state index is 12.2. The molecule has 0 unspecified atom stereocenters. The van der Waals surface area contributed by atoms with Crippen LogP contribution in [0.3, 0.4) is 0 Å². The van der Waals surface area contributed by atoms with Crippen LogP contribution in [0, 0.1) is 0 Å². The van der Waals surface area contributed by atoms with Gasteiger partial charge in [-0.05, 0) is 17.7 Å². The largest absolute Gasteiger partial charge is 0.465 e. The minimum atomic E-state index is -0.681. The molecular weight excluding hydrogens is 185 g/mol. The summed E-state index contributed by atoms with van der Waals surface area (Å²) in [6, 6.07) is 5.78. The van der Waals surface area contributed by atoms with Crippen LogP contribution in [-0.2, 0) is 4.74 Å². The quantitative estimate of drug-likeness (QED) is 0.746. The van der Waals surface area contributed by atoms with Gasteiger partial charge in [-0.25, -0.2) is 9.18 Å². The van der Waals surface area contributed by atoms with Crippen LogP contribution < -0.4 is 5.73 Å². The Hall–Kier alpha value is -1.42. The first-order valence-corrected chi connectivity index (χ1v) is 4.19. The van der Waals surface area contributed by atoms with Gasteiger partial charge < -0.3 is 10.5 Å². The minimum Gasteiger partial charge on any atom is -0.465 e. The summed E-state index contributed by atoms with van der Waals surface area (Å²) < 4.78 is 16.8. The fraction of sp³-hybridized carbons (Fsp3) is 0.300. The predicted octanol–water partition coefficient (Wildman–Crippen LogP) is 1.44. The monoisotopic (exact) mass is 197 g/mol. The second kappa shape index (κ2) is 4.72. The lowest BCUT2D eigenvalue weighted by Gasteiger charge is -2.08. The standard InChI is InChI=1S/C10H12FNO2/c1-14-10(13)8-4-2-3-7(5-8)9(12)6-11/h2-5,9H,6,12H2,1H3/t9-/m0/s1. The van der Waals surface area contributed by atoms with Gasteiger partial charge in [0.1, 0.15) is 6.67 Å². The molecule has 3 nitrogen and oxygen atoms in total. The number of carbonyl (C=O) groups excluding carboxylic acids is 1. The van der Waals surface area contributed by atoms with Crippen LogP contribution in [-0.4, -0.2) is 19.8 Å². The van der Waals surface area contributed by atoms with Gasteiger partial charge in [-0.15, -0.1) is 0 Å². The van der Waals surface area contributed by atoms with Gasteiger partial charge in [0.25, 0.3) is 0 Å². The zero-order valence-corrected chi connectivity index (χ0v) is 7.87. The van der Waals surface area contributed by atoms with Crippen molar-refractivity contribution in [3.8, 4) is 0 Å². The molecule has 0 heterocycles. The van der Waals surface area contributed by atoms with Crippen molar-refractivity contribution in [3.05, 3.63) is 35.4 Å². The van der Waals surface area contributed by atoms with Gasteiger partial charge in [0.2, 0.25) is 0 Å². The van der Waals surface area contributed by atoms with E-state index in [1.54, 1.807) is 18.2 Å². The van der Waals surface area contributed by atoms with Crippen LogP contribution >= 0.6 is 0 Å². The number of hydrogen-bond acceptors (Lipinski definition) is 3. The maximum atomic E-state index is 12.2. The van der Waals surface area contributed by atoms with E-state index in [0.29, 0.717) is 11.1 Å². The smallest absolute Gasteiger partial charge is 0.337 e. The second-order valence-electron chi connectivity index (χ2n) is 2.88. The van der Waals surface area contributed by atoms with Crippen molar-refractivity contribution in [1.82, 2.24) is 0 Å². The Balaban J connectivity index is 2.95. The molecule has 2 N–H and O–H groups in total. The van der Waals surface area contributed by atoms with Crippen LogP contribution in [0.1, 0.15) is 22.0 Å². The van der Waals surface area contributed by atoms with Crippen LogP contribution in [0.5, 0.6) is 0 Å². The highest BCUT2D eigenvalue weighted by Gasteiger charge is 2.09. The van der Waals surface area contributed by atoms with E-state index in [-0.39, 0.29) is 0 Å². The van der Waals surface area contributed by atoms with E-state index in [1.165, 1.54) is 13.2 Å². The van der Waals surface area contributed by atoms with E-state index in [0.717, 1.165) is 0 Å². The molecule has 1 aromatic carbocycles. The highest BCUT2D eigenvalue weighted by atomic mass is 19.1. The summed E-state index contributed by atoms with van der Waals surface area (Å²) in [6.07, 6.45) is 0. The first-order chi connectivity index (χ1) is 6.69. The number of nitrogens with two attached hydrogens (primary N) is 1.